The molecule has 0 aromatic heterocycles. The van der Waals surface area contributed by atoms with Crippen LogP contribution in [0.15, 0.2) is 62.7 Å². The average molecular weight is 968 g/mol. The number of nitrogens with two attached hydrogens (primary N) is 1. The maximum atomic E-state index is 14.4. The molecule has 62 heavy (non-hydrogen) atoms. The molecule has 3 amide bonds. The number of rotatable bonds is 8. The lowest BCUT2D eigenvalue weighted by Crippen LogP contribution is -2.60. The summed E-state index contributed by atoms with van der Waals surface area (Å²) in [5.41, 5.74) is 3.42. The third kappa shape index (κ3) is 10.9. The minimum atomic E-state index is -5.58. The molecular weight excluding hydrogens is 935 g/mol. The van der Waals surface area contributed by atoms with Crippen LogP contribution < -0.4 is 36.5 Å². The molecule has 2 bridgehead atoms. The zero-order chi connectivity index (χ0) is 46.3. The van der Waals surface area contributed by atoms with Crippen LogP contribution in [-0.4, -0.2) is 133 Å². The lowest BCUT2D eigenvalue weighted by molar-refractivity contribution is -0.131. The summed E-state index contributed by atoms with van der Waals surface area (Å²) in [4.78, 5) is 50.4. The predicted molar refractivity (Wildman–Crippen MR) is 211 cm³/mol. The van der Waals surface area contributed by atoms with Crippen LogP contribution in [0.2, 0.25) is 0 Å². The average Bonchev–Trinajstić information content (AvgIpc) is 3.12. The summed E-state index contributed by atoms with van der Waals surface area (Å²) in [6, 6.07) is 1.52. The van der Waals surface area contributed by atoms with Crippen molar-refractivity contribution in [2.45, 2.75) is 27.9 Å². The molecule has 0 saturated heterocycles. The van der Waals surface area contributed by atoms with Crippen LogP contribution >= 0.6 is 0 Å². The standard InChI is InChI=1S/C31H33N7O19S5/c32-18-7-5-16-23(14-3-1-2-4-15(14)31(42)43)17-6-8-19(33)27-25(17)57-24(16)26(18)61(53,54)35-10-9-34-28(39)20(11-58(44,45)46)36-29(40)21(12-59(47,48)49)37-30(41)22(13-60(50,51)52)38-62(27,55)56/h1-8,20-22,32,35,38H,9-13,33H2,(H,34,39)(H,36,40)(H,37,41)(H,42,43)(H,44,45,46)(H,47,48,49)(H,50,51,52). The van der Waals surface area contributed by atoms with Crippen LogP contribution in [0.4, 0.5) is 5.69 Å². The molecule has 3 unspecified atom stereocenters. The zero-order valence-corrected chi connectivity index (χ0v) is 35.0. The van der Waals surface area contributed by atoms with Crippen molar-refractivity contribution in [3.63, 3.8) is 0 Å². The zero-order valence-electron chi connectivity index (χ0n) is 30.9. The van der Waals surface area contributed by atoms with E-state index in [4.69, 9.17) is 15.6 Å². The first-order chi connectivity index (χ1) is 28.5. The Kier molecular flexibility index (Phi) is 13.2. The van der Waals surface area contributed by atoms with Crippen LogP contribution in [0, 0.1) is 5.41 Å². The topological polar surface area (TPSA) is 443 Å². The van der Waals surface area contributed by atoms with Gasteiger partial charge in [0.25, 0.3) is 30.4 Å². The van der Waals surface area contributed by atoms with Gasteiger partial charge in [-0.15, -0.1) is 0 Å². The van der Waals surface area contributed by atoms with Gasteiger partial charge in [0.15, 0.2) is 16.2 Å². The summed E-state index contributed by atoms with van der Waals surface area (Å²) >= 11 is 0. The van der Waals surface area contributed by atoms with Crippen molar-refractivity contribution in [1.29, 1.82) is 5.41 Å². The Hall–Kier alpha value is -5.64. The van der Waals surface area contributed by atoms with Gasteiger partial charge in [-0.3, -0.25) is 33.5 Å². The molecule has 2 aromatic carbocycles. The Morgan fingerprint density at radius 2 is 1.27 bits per heavy atom. The number of nitrogens with one attached hydrogen (secondary N) is 6. The van der Waals surface area contributed by atoms with E-state index in [1.807, 2.05) is 10.0 Å². The number of carboxylic acid groups (broad SMARTS) is 1. The Bertz CT molecular complexity index is 3140. The largest absolute Gasteiger partial charge is 0.478 e. The fourth-order valence-electron chi connectivity index (χ4n) is 6.22. The number of anilines is 1. The Morgan fingerprint density at radius 3 is 1.85 bits per heavy atom. The molecule has 3 aliphatic rings. The van der Waals surface area contributed by atoms with Gasteiger partial charge >= 0.3 is 5.97 Å². The SMILES string of the molecule is N=c1ccc2c(-c3ccccc3C(=O)O)c3ccc(N)c4c3oc-2c1S(=O)(=O)NCCNC(=O)C(CS(=O)(=O)O)NC(=O)C(CS(=O)(=O)O)NC(=O)C(CS(=O)(=O)O)NS4(=O)=O. The summed E-state index contributed by atoms with van der Waals surface area (Å²) in [5, 5.41) is 23.0. The molecule has 1 aliphatic carbocycles. The van der Waals surface area contributed by atoms with Crippen LogP contribution in [0.1, 0.15) is 10.4 Å². The maximum absolute atomic E-state index is 14.4. The molecule has 2 heterocycles. The summed E-state index contributed by atoms with van der Waals surface area (Å²) < 4.78 is 167. The highest BCUT2D eigenvalue weighted by Crippen LogP contribution is 2.45. The van der Waals surface area contributed by atoms with Gasteiger partial charge in [0, 0.05) is 29.6 Å². The van der Waals surface area contributed by atoms with Crippen LogP contribution in [0.3, 0.4) is 0 Å². The molecule has 26 nitrogen and oxygen atoms in total. The minimum Gasteiger partial charge on any atom is -0.478 e. The molecule has 12 N–H and O–H groups in total. The van der Waals surface area contributed by atoms with E-state index in [0.717, 1.165) is 30.3 Å². The van der Waals surface area contributed by atoms with Crippen molar-refractivity contribution in [2.75, 3.05) is 36.1 Å². The van der Waals surface area contributed by atoms with Gasteiger partial charge in [0.1, 0.15) is 40.3 Å². The normalized spacial score (nSPS) is 20.6. The molecular formula is C31H33N7O19S5. The molecule has 2 aliphatic heterocycles. The monoisotopic (exact) mass is 967 g/mol. The summed E-state index contributed by atoms with van der Waals surface area (Å²) in [6.45, 7) is -1.54. The molecule has 0 spiro atoms. The van der Waals surface area contributed by atoms with Crippen molar-refractivity contribution >= 4 is 90.7 Å². The molecule has 3 atom stereocenters. The summed E-state index contributed by atoms with van der Waals surface area (Å²) in [6.07, 6.45) is 0. The van der Waals surface area contributed by atoms with Gasteiger partial charge in [-0.1, -0.05) is 18.2 Å². The number of benzene rings is 3. The number of sulfonamides is 2. The molecule has 5 rings (SSSR count). The van der Waals surface area contributed by atoms with E-state index in [-0.39, 0.29) is 22.1 Å². The van der Waals surface area contributed by atoms with Crippen LogP contribution in [0.25, 0.3) is 33.4 Å². The van der Waals surface area contributed by atoms with E-state index in [9.17, 15) is 80.0 Å². The van der Waals surface area contributed by atoms with Gasteiger partial charge in [-0.2, -0.15) is 30.0 Å². The fraction of sp³-hybridized carbons (Fsp3) is 0.258. The van der Waals surface area contributed by atoms with Gasteiger partial charge in [0.2, 0.25) is 37.8 Å². The number of amides is 3. The van der Waals surface area contributed by atoms with Crippen molar-refractivity contribution in [3.8, 4) is 22.5 Å². The minimum absolute atomic E-state index is 0.177. The Balaban J connectivity index is 1.87. The molecule has 336 valence electrons. The second kappa shape index (κ2) is 17.3. The van der Waals surface area contributed by atoms with E-state index in [2.05, 4.69) is 0 Å². The first kappa shape index (κ1) is 47.4. The molecule has 2 aromatic rings. The number of carboxylic acids is 1. The Morgan fingerprint density at radius 1 is 0.726 bits per heavy atom. The van der Waals surface area contributed by atoms with E-state index in [1.54, 1.807) is 15.4 Å². The van der Waals surface area contributed by atoms with Crippen molar-refractivity contribution in [1.82, 2.24) is 25.4 Å². The molecule has 31 heteroatoms. The van der Waals surface area contributed by atoms with Crippen molar-refractivity contribution in [3.05, 3.63) is 59.5 Å². The lowest BCUT2D eigenvalue weighted by Gasteiger charge is -2.25. The second-order valence-electron chi connectivity index (χ2n) is 13.2. The fourth-order valence-corrected chi connectivity index (χ4v) is 11.0. The first-order valence-electron chi connectivity index (χ1n) is 16.9. The molecule has 0 fully saturated rings. The highest BCUT2D eigenvalue weighted by atomic mass is 32.2. The number of nitrogen functional groups attached to an aromatic ring is 1. The van der Waals surface area contributed by atoms with Crippen molar-refractivity contribution < 1.29 is 84.4 Å². The Labute approximate surface area is 350 Å². The highest BCUT2D eigenvalue weighted by Gasteiger charge is 2.39. The lowest BCUT2D eigenvalue weighted by atomic mass is 9.90. The maximum Gasteiger partial charge on any atom is 0.336 e. The number of carbonyl (C=O) groups excluding carboxylic acids is 3. The number of hydrogen-bond donors (Lipinski definition) is 11. The van der Waals surface area contributed by atoms with Gasteiger partial charge in [-0.05, 0) is 35.9 Å². The third-order valence-electron chi connectivity index (χ3n) is 8.69. The molecule has 0 saturated carbocycles. The second-order valence-corrected chi connectivity index (χ2v) is 21.1. The number of hydrogen-bond acceptors (Lipinski definition) is 17. The smallest absolute Gasteiger partial charge is 0.336 e. The quantitative estimate of drug-likeness (QED) is 0.0467. The summed E-state index contributed by atoms with van der Waals surface area (Å²) in [7, 11) is -26.6. The van der Waals surface area contributed by atoms with E-state index in [1.165, 1.54) is 18.2 Å². The van der Waals surface area contributed by atoms with Crippen LogP contribution in [0.5, 0.6) is 0 Å². The van der Waals surface area contributed by atoms with E-state index < -0.39 is 160 Å². The third-order valence-corrected chi connectivity index (χ3v) is 14.0. The van der Waals surface area contributed by atoms with Gasteiger partial charge in [0.05, 0.1) is 16.6 Å². The van der Waals surface area contributed by atoms with E-state index >= 15 is 0 Å². The first-order valence-corrected chi connectivity index (χ1v) is 24.7. The predicted octanol–water partition coefficient (Wildman–Crippen LogP) is -3.35. The highest BCUT2D eigenvalue weighted by molar-refractivity contribution is 7.90. The summed E-state index contributed by atoms with van der Waals surface area (Å²) in [5.74, 6) is -12.9. The number of aromatic carboxylic acids is 1. The molecule has 0 radical (unpaired) electrons. The number of carbonyl (C=O) groups is 4. The van der Waals surface area contributed by atoms with E-state index in [0.29, 0.717) is 0 Å². The van der Waals surface area contributed by atoms with Crippen LogP contribution in [-0.2, 0) is 64.8 Å². The van der Waals surface area contributed by atoms with Gasteiger partial charge in [-0.25, -0.2) is 26.4 Å². The van der Waals surface area contributed by atoms with Crippen molar-refractivity contribution in [2.24, 2.45) is 0 Å². The van der Waals surface area contributed by atoms with Gasteiger partial charge < -0.3 is 31.2 Å².